The fraction of sp³-hybridized carbons (Fsp3) is 0.833. The van der Waals surface area contributed by atoms with Crippen LogP contribution in [-0.4, -0.2) is 70.4 Å². The molecule has 106 valence electrons. The summed E-state index contributed by atoms with van der Waals surface area (Å²) >= 11 is 0. The van der Waals surface area contributed by atoms with Gasteiger partial charge in [0.25, 0.3) is 0 Å². The largest absolute Gasteiger partial charge is 0.394 e. The van der Waals surface area contributed by atoms with Gasteiger partial charge in [-0.15, -0.1) is 6.58 Å². The van der Waals surface area contributed by atoms with Gasteiger partial charge in [0.1, 0.15) is 24.4 Å². The molecule has 0 unspecified atom stereocenters. The predicted octanol–water partition coefficient (Wildman–Crippen LogP) is -0.0488. The Bertz CT molecular complexity index is 247. The molecule has 1 aliphatic rings. The van der Waals surface area contributed by atoms with Gasteiger partial charge in [-0.1, -0.05) is 6.08 Å². The fourth-order valence-electron chi connectivity index (χ4n) is 2.12. The third-order valence-electron chi connectivity index (χ3n) is 2.97. The Morgan fingerprint density at radius 1 is 1.11 bits per heavy atom. The lowest BCUT2D eigenvalue weighted by atomic mass is 9.98. The van der Waals surface area contributed by atoms with Crippen molar-refractivity contribution >= 4 is 0 Å². The summed E-state index contributed by atoms with van der Waals surface area (Å²) in [6.07, 6.45) is -0.728. The van der Waals surface area contributed by atoms with Gasteiger partial charge in [-0.25, -0.2) is 0 Å². The first-order valence-corrected chi connectivity index (χ1v) is 5.80. The average molecular weight is 262 g/mol. The zero-order valence-electron chi connectivity index (χ0n) is 11.1. The molecule has 0 radical (unpaired) electrons. The Kier molecular flexibility index (Phi) is 6.77. The van der Waals surface area contributed by atoms with Crippen LogP contribution in [0.25, 0.3) is 0 Å². The Hall–Kier alpha value is -0.500. The molecule has 6 heteroatoms. The standard InChI is InChI=1S/C12H22O6/c1-5-6-17-12-11(16-4)10(15-3)9(14-2)8(7-13)18-12/h5,8-13H,1,6-7H2,2-4H3/t8-,9-,10+,11-,12-/m1/s1. The predicted molar refractivity (Wildman–Crippen MR) is 64.3 cm³/mol. The Balaban J connectivity index is 2.83. The molecule has 18 heavy (non-hydrogen) atoms. The van der Waals surface area contributed by atoms with E-state index in [0.29, 0.717) is 6.61 Å². The molecular weight excluding hydrogens is 240 g/mol. The molecule has 0 aromatic carbocycles. The van der Waals surface area contributed by atoms with Crippen LogP contribution in [0.5, 0.6) is 0 Å². The summed E-state index contributed by atoms with van der Waals surface area (Å²) in [6, 6.07) is 0. The smallest absolute Gasteiger partial charge is 0.187 e. The number of rotatable bonds is 7. The van der Waals surface area contributed by atoms with E-state index in [4.69, 9.17) is 23.7 Å². The quantitative estimate of drug-likeness (QED) is 0.649. The van der Waals surface area contributed by atoms with E-state index < -0.39 is 24.6 Å². The van der Waals surface area contributed by atoms with Crippen LogP contribution in [0.2, 0.25) is 0 Å². The molecule has 0 aromatic heterocycles. The molecule has 0 aliphatic carbocycles. The minimum absolute atomic E-state index is 0.178. The van der Waals surface area contributed by atoms with Crippen molar-refractivity contribution in [3.05, 3.63) is 12.7 Å². The molecule has 1 fully saturated rings. The zero-order valence-corrected chi connectivity index (χ0v) is 11.1. The topological polar surface area (TPSA) is 66.4 Å². The van der Waals surface area contributed by atoms with Crippen molar-refractivity contribution < 1.29 is 28.8 Å². The summed E-state index contributed by atoms with van der Waals surface area (Å²) in [5.41, 5.74) is 0. The molecule has 1 saturated heterocycles. The van der Waals surface area contributed by atoms with Crippen LogP contribution in [0.15, 0.2) is 12.7 Å². The summed E-state index contributed by atoms with van der Waals surface area (Å²) in [5.74, 6) is 0. The van der Waals surface area contributed by atoms with Gasteiger partial charge >= 0.3 is 0 Å². The molecule has 0 aromatic rings. The van der Waals surface area contributed by atoms with Crippen LogP contribution in [0.4, 0.5) is 0 Å². The number of methoxy groups -OCH3 is 3. The first kappa shape index (κ1) is 15.6. The summed E-state index contributed by atoms with van der Waals surface area (Å²) in [5, 5.41) is 9.33. The first-order chi connectivity index (χ1) is 8.73. The summed E-state index contributed by atoms with van der Waals surface area (Å²) in [7, 11) is 4.66. The van der Waals surface area contributed by atoms with E-state index in [1.807, 2.05) is 0 Å². The summed E-state index contributed by atoms with van der Waals surface area (Å²) in [6.45, 7) is 3.73. The van der Waals surface area contributed by atoms with E-state index in [2.05, 4.69) is 6.58 Å². The van der Waals surface area contributed by atoms with Crippen molar-refractivity contribution in [1.82, 2.24) is 0 Å². The van der Waals surface area contributed by atoms with Gasteiger partial charge in [0.05, 0.1) is 13.2 Å². The van der Waals surface area contributed by atoms with E-state index in [-0.39, 0.29) is 12.7 Å². The molecule has 0 saturated carbocycles. The number of hydrogen-bond donors (Lipinski definition) is 1. The number of hydrogen-bond acceptors (Lipinski definition) is 6. The van der Waals surface area contributed by atoms with E-state index >= 15 is 0 Å². The van der Waals surface area contributed by atoms with Crippen LogP contribution in [0.3, 0.4) is 0 Å². The highest BCUT2D eigenvalue weighted by molar-refractivity contribution is 4.92. The number of aliphatic hydroxyl groups is 1. The molecular formula is C12H22O6. The van der Waals surface area contributed by atoms with Gasteiger partial charge in [-0.05, 0) is 0 Å². The molecule has 0 amide bonds. The zero-order chi connectivity index (χ0) is 13.5. The van der Waals surface area contributed by atoms with Crippen LogP contribution in [-0.2, 0) is 23.7 Å². The van der Waals surface area contributed by atoms with Gasteiger partial charge in [0.15, 0.2) is 6.29 Å². The van der Waals surface area contributed by atoms with Crippen molar-refractivity contribution in [3.63, 3.8) is 0 Å². The average Bonchev–Trinajstić information content (AvgIpc) is 2.42. The molecule has 1 aliphatic heterocycles. The Morgan fingerprint density at radius 2 is 1.72 bits per heavy atom. The maximum Gasteiger partial charge on any atom is 0.187 e. The number of ether oxygens (including phenoxy) is 5. The van der Waals surface area contributed by atoms with Crippen LogP contribution in [0, 0.1) is 0 Å². The molecule has 1 rings (SSSR count). The van der Waals surface area contributed by atoms with Crippen molar-refractivity contribution in [2.75, 3.05) is 34.5 Å². The van der Waals surface area contributed by atoms with Gasteiger partial charge in [0.2, 0.25) is 0 Å². The van der Waals surface area contributed by atoms with Gasteiger partial charge in [0, 0.05) is 21.3 Å². The third kappa shape index (κ3) is 3.28. The summed E-state index contributed by atoms with van der Waals surface area (Å²) < 4.78 is 27.2. The Labute approximate surface area is 107 Å². The minimum Gasteiger partial charge on any atom is -0.394 e. The van der Waals surface area contributed by atoms with E-state index in [1.165, 1.54) is 0 Å². The third-order valence-corrected chi connectivity index (χ3v) is 2.97. The first-order valence-electron chi connectivity index (χ1n) is 5.80. The highest BCUT2D eigenvalue weighted by Gasteiger charge is 2.47. The highest BCUT2D eigenvalue weighted by Crippen LogP contribution is 2.27. The lowest BCUT2D eigenvalue weighted by Crippen LogP contribution is -2.61. The van der Waals surface area contributed by atoms with Gasteiger partial charge in [-0.2, -0.15) is 0 Å². The molecule has 0 bridgehead atoms. The molecule has 1 heterocycles. The van der Waals surface area contributed by atoms with Crippen molar-refractivity contribution in [2.24, 2.45) is 0 Å². The lowest BCUT2D eigenvalue weighted by Gasteiger charge is -2.44. The van der Waals surface area contributed by atoms with Crippen LogP contribution < -0.4 is 0 Å². The second kappa shape index (κ2) is 7.83. The fourth-order valence-corrected chi connectivity index (χ4v) is 2.12. The highest BCUT2D eigenvalue weighted by atomic mass is 16.7. The van der Waals surface area contributed by atoms with Crippen LogP contribution in [0.1, 0.15) is 0 Å². The number of aliphatic hydroxyl groups excluding tert-OH is 1. The Morgan fingerprint density at radius 3 is 2.17 bits per heavy atom. The van der Waals surface area contributed by atoms with Crippen LogP contribution >= 0.6 is 0 Å². The molecule has 1 N–H and O–H groups in total. The van der Waals surface area contributed by atoms with E-state index in [9.17, 15) is 5.11 Å². The SMILES string of the molecule is C=CCO[C@@H]1O[C@H](CO)[C@@H](OC)[C@H](OC)[C@H]1OC. The second-order valence-electron chi connectivity index (χ2n) is 3.95. The lowest BCUT2D eigenvalue weighted by molar-refractivity contribution is -0.310. The summed E-state index contributed by atoms with van der Waals surface area (Å²) in [4.78, 5) is 0. The minimum atomic E-state index is -0.624. The second-order valence-corrected chi connectivity index (χ2v) is 3.95. The maximum atomic E-state index is 9.33. The normalized spacial score (nSPS) is 36.6. The van der Waals surface area contributed by atoms with E-state index in [0.717, 1.165) is 0 Å². The maximum absolute atomic E-state index is 9.33. The van der Waals surface area contributed by atoms with Crippen molar-refractivity contribution in [2.45, 2.75) is 30.7 Å². The van der Waals surface area contributed by atoms with Crippen molar-refractivity contribution in [3.8, 4) is 0 Å². The van der Waals surface area contributed by atoms with Gasteiger partial charge in [-0.3, -0.25) is 0 Å². The van der Waals surface area contributed by atoms with Gasteiger partial charge < -0.3 is 28.8 Å². The molecule has 5 atom stereocenters. The monoisotopic (exact) mass is 262 g/mol. The molecule has 0 spiro atoms. The van der Waals surface area contributed by atoms with Crippen molar-refractivity contribution in [1.29, 1.82) is 0 Å². The molecule has 6 nitrogen and oxygen atoms in total. The van der Waals surface area contributed by atoms with E-state index in [1.54, 1.807) is 27.4 Å².